The van der Waals surface area contributed by atoms with Crippen LogP contribution in [0.1, 0.15) is 15.9 Å². The zero-order valence-corrected chi connectivity index (χ0v) is 14.6. The van der Waals surface area contributed by atoms with E-state index >= 15 is 0 Å². The van der Waals surface area contributed by atoms with Crippen molar-refractivity contribution in [2.75, 3.05) is 26.3 Å². The van der Waals surface area contributed by atoms with E-state index in [0.29, 0.717) is 11.6 Å². The quantitative estimate of drug-likeness (QED) is 0.438. The Morgan fingerprint density at radius 3 is 2.57 bits per heavy atom. The minimum absolute atomic E-state index is 0.0104. The number of hydrogen-bond acceptors (Lipinski definition) is 3. The smallest absolute Gasteiger partial charge is 0.257 e. The summed E-state index contributed by atoms with van der Waals surface area (Å²) in [5, 5.41) is 0. The van der Waals surface area contributed by atoms with Gasteiger partial charge in [-0.15, -0.1) is 0 Å². The first-order valence-corrected chi connectivity index (χ1v) is 8.43. The molecule has 0 spiro atoms. The third-order valence-corrected chi connectivity index (χ3v) is 4.28. The van der Waals surface area contributed by atoms with Crippen molar-refractivity contribution in [3.8, 4) is 0 Å². The normalized spacial score (nSPS) is 17.0. The summed E-state index contributed by atoms with van der Waals surface area (Å²) in [6.07, 6.45) is -0.595. The average Bonchev–Trinajstić information content (AvgIpc) is 2.70. The van der Waals surface area contributed by atoms with Crippen molar-refractivity contribution in [2.45, 2.75) is 12.7 Å². The molecule has 0 saturated carbocycles. The van der Waals surface area contributed by atoms with Crippen molar-refractivity contribution in [2.24, 2.45) is 0 Å². The Bertz CT molecular complexity index is 877. The second-order valence-electron chi connectivity index (χ2n) is 6.20. The molecule has 2 aromatic rings. The van der Waals surface area contributed by atoms with Crippen molar-refractivity contribution in [3.05, 3.63) is 70.5 Å². The number of nitrogens with zero attached hydrogens (tertiary/aromatic N) is 1. The fourth-order valence-electron chi connectivity index (χ4n) is 2.82. The van der Waals surface area contributed by atoms with Crippen LogP contribution in [0.15, 0.2) is 30.3 Å². The van der Waals surface area contributed by atoms with Crippen LogP contribution in [0.4, 0.5) is 22.0 Å². The summed E-state index contributed by atoms with van der Waals surface area (Å²) >= 11 is 0. The topological polar surface area (TPSA) is 38.8 Å². The zero-order chi connectivity index (χ0) is 20.3. The number of amides is 1. The average molecular weight is 401 g/mol. The van der Waals surface area contributed by atoms with Crippen molar-refractivity contribution in [1.29, 1.82) is 0 Å². The lowest BCUT2D eigenvalue weighted by Gasteiger charge is -2.33. The van der Waals surface area contributed by atoms with Crippen LogP contribution < -0.4 is 0 Å². The van der Waals surface area contributed by atoms with Crippen LogP contribution in [-0.4, -0.2) is 43.2 Å². The maximum atomic E-state index is 13.9. The maximum Gasteiger partial charge on any atom is 0.257 e. The number of hydrogen-bond donors (Lipinski definition) is 0. The number of carbonyl (C=O) groups excluding carboxylic acids is 1. The van der Waals surface area contributed by atoms with Gasteiger partial charge in [0.15, 0.2) is 23.3 Å². The first-order valence-electron chi connectivity index (χ1n) is 8.43. The third kappa shape index (κ3) is 4.31. The highest BCUT2D eigenvalue weighted by molar-refractivity contribution is 5.94. The summed E-state index contributed by atoms with van der Waals surface area (Å²) in [6.45, 7) is 0.127. The lowest BCUT2D eigenvalue weighted by atomic mass is 10.1. The highest BCUT2D eigenvalue weighted by atomic mass is 19.2. The van der Waals surface area contributed by atoms with Crippen molar-refractivity contribution < 1.29 is 36.2 Å². The highest BCUT2D eigenvalue weighted by Crippen LogP contribution is 2.21. The first kappa shape index (κ1) is 20.2. The molecule has 1 fully saturated rings. The van der Waals surface area contributed by atoms with Crippen molar-refractivity contribution in [3.63, 3.8) is 0 Å². The van der Waals surface area contributed by atoms with Crippen molar-refractivity contribution >= 4 is 5.91 Å². The van der Waals surface area contributed by atoms with E-state index in [1.165, 1.54) is 6.07 Å². The fraction of sp³-hybridized carbons (Fsp3) is 0.316. The van der Waals surface area contributed by atoms with Gasteiger partial charge in [0.2, 0.25) is 0 Å². The molecule has 1 atom stereocenters. The van der Waals surface area contributed by atoms with Crippen LogP contribution in [0.2, 0.25) is 0 Å². The summed E-state index contributed by atoms with van der Waals surface area (Å²) in [4.78, 5) is 13.5. The van der Waals surface area contributed by atoms with Gasteiger partial charge in [-0.05, 0) is 12.1 Å². The van der Waals surface area contributed by atoms with Gasteiger partial charge in [-0.25, -0.2) is 22.0 Å². The molecule has 3 rings (SSSR count). The van der Waals surface area contributed by atoms with Gasteiger partial charge >= 0.3 is 0 Å². The first-order chi connectivity index (χ1) is 13.4. The lowest BCUT2D eigenvalue weighted by molar-refractivity contribution is -0.0650. The van der Waals surface area contributed by atoms with Crippen LogP contribution in [0.25, 0.3) is 0 Å². The van der Waals surface area contributed by atoms with Crippen LogP contribution in [0, 0.1) is 29.1 Å². The molecule has 1 heterocycles. The molecule has 0 radical (unpaired) electrons. The summed E-state index contributed by atoms with van der Waals surface area (Å²) < 4.78 is 78.1. The molecule has 1 aliphatic heterocycles. The molecular formula is C19H16F5NO3. The summed E-state index contributed by atoms with van der Waals surface area (Å²) in [5.41, 5.74) is -0.546. The van der Waals surface area contributed by atoms with Gasteiger partial charge in [-0.1, -0.05) is 18.2 Å². The molecule has 0 N–H and O–H groups in total. The Morgan fingerprint density at radius 2 is 1.82 bits per heavy atom. The monoisotopic (exact) mass is 401 g/mol. The van der Waals surface area contributed by atoms with E-state index in [-0.39, 0.29) is 32.9 Å². The third-order valence-electron chi connectivity index (χ3n) is 4.28. The van der Waals surface area contributed by atoms with Crippen LogP contribution in [0.3, 0.4) is 0 Å². The summed E-state index contributed by atoms with van der Waals surface area (Å²) in [6, 6.07) is 6.40. The molecule has 0 aliphatic carbocycles. The van der Waals surface area contributed by atoms with Crippen molar-refractivity contribution in [1.82, 2.24) is 4.90 Å². The molecule has 1 saturated heterocycles. The lowest BCUT2D eigenvalue weighted by Crippen LogP contribution is -2.47. The molecule has 1 unspecified atom stereocenters. The molecule has 0 aromatic heterocycles. The SMILES string of the molecule is O=C(c1cc(F)c(F)c(F)c1F)N1CCOC(COCc2ccccc2F)C1. The standard InChI is InChI=1S/C19H16F5NO3/c20-14-4-2-1-3-11(14)9-27-10-12-8-25(5-6-28-12)19(26)13-7-15(21)17(23)18(24)16(13)22/h1-4,7,12H,5-6,8-10H2. The molecular weight excluding hydrogens is 385 g/mol. The van der Waals surface area contributed by atoms with Crippen LogP contribution in [-0.2, 0) is 16.1 Å². The number of morpholine rings is 1. The Kier molecular flexibility index (Phi) is 6.25. The molecule has 0 bridgehead atoms. The Morgan fingerprint density at radius 1 is 1.07 bits per heavy atom. The van der Waals surface area contributed by atoms with Gasteiger partial charge in [-0.3, -0.25) is 4.79 Å². The van der Waals surface area contributed by atoms with Crippen LogP contribution >= 0.6 is 0 Å². The molecule has 1 aliphatic rings. The minimum atomic E-state index is -2.04. The number of benzene rings is 2. The summed E-state index contributed by atoms with van der Waals surface area (Å²) in [7, 11) is 0. The fourth-order valence-corrected chi connectivity index (χ4v) is 2.82. The van der Waals surface area contributed by atoms with Gasteiger partial charge in [0.25, 0.3) is 5.91 Å². The molecule has 4 nitrogen and oxygen atoms in total. The second-order valence-corrected chi connectivity index (χ2v) is 6.20. The van der Waals surface area contributed by atoms with E-state index in [1.54, 1.807) is 18.2 Å². The summed E-state index contributed by atoms with van der Waals surface area (Å²) in [5.74, 6) is -8.82. The highest BCUT2D eigenvalue weighted by Gasteiger charge is 2.30. The maximum absolute atomic E-state index is 13.9. The molecule has 2 aromatic carbocycles. The largest absolute Gasteiger partial charge is 0.374 e. The molecule has 9 heteroatoms. The Labute approximate surface area is 157 Å². The number of ether oxygens (including phenoxy) is 2. The predicted molar refractivity (Wildman–Crippen MR) is 88.0 cm³/mol. The van der Waals surface area contributed by atoms with E-state index in [1.807, 2.05) is 0 Å². The van der Waals surface area contributed by atoms with E-state index < -0.39 is 46.7 Å². The predicted octanol–water partition coefficient (Wildman–Crippen LogP) is 3.44. The second kappa shape index (κ2) is 8.66. The number of rotatable bonds is 5. The van der Waals surface area contributed by atoms with E-state index in [2.05, 4.69) is 0 Å². The zero-order valence-electron chi connectivity index (χ0n) is 14.6. The van der Waals surface area contributed by atoms with E-state index in [0.717, 1.165) is 4.90 Å². The van der Waals surface area contributed by atoms with E-state index in [4.69, 9.17) is 9.47 Å². The molecule has 150 valence electrons. The Balaban J connectivity index is 1.62. The van der Waals surface area contributed by atoms with Gasteiger partial charge in [0.05, 0.1) is 31.5 Å². The van der Waals surface area contributed by atoms with Crippen LogP contribution in [0.5, 0.6) is 0 Å². The van der Waals surface area contributed by atoms with Gasteiger partial charge in [-0.2, -0.15) is 0 Å². The van der Waals surface area contributed by atoms with E-state index in [9.17, 15) is 26.7 Å². The molecule has 1 amide bonds. The van der Waals surface area contributed by atoms with Gasteiger partial charge in [0, 0.05) is 18.7 Å². The molecule has 28 heavy (non-hydrogen) atoms. The van der Waals surface area contributed by atoms with Gasteiger partial charge < -0.3 is 14.4 Å². The number of carbonyl (C=O) groups is 1. The number of halogens is 5. The minimum Gasteiger partial charge on any atom is -0.374 e. The Hall–Kier alpha value is -2.52. The van der Waals surface area contributed by atoms with Gasteiger partial charge in [0.1, 0.15) is 5.82 Å².